The lowest BCUT2D eigenvalue weighted by Crippen LogP contribution is -2.36. The van der Waals surface area contributed by atoms with Crippen LogP contribution in [0.2, 0.25) is 0 Å². The number of carbonyl (C=O) groups excluding carboxylic acids is 1. The summed E-state index contributed by atoms with van der Waals surface area (Å²) in [7, 11) is -3.04. The fourth-order valence-electron chi connectivity index (χ4n) is 2.70. The van der Waals surface area contributed by atoms with Crippen molar-refractivity contribution in [2.45, 2.75) is 26.3 Å². The number of amides is 1. The van der Waals surface area contributed by atoms with Gasteiger partial charge in [0.1, 0.15) is 0 Å². The van der Waals surface area contributed by atoms with Crippen molar-refractivity contribution in [3.63, 3.8) is 0 Å². The number of nitrogens with zero attached hydrogens (tertiary/aromatic N) is 1. The summed E-state index contributed by atoms with van der Waals surface area (Å²) in [6.07, 6.45) is 1.28. The third-order valence-electron chi connectivity index (χ3n) is 3.71. The molecule has 0 saturated carbocycles. The highest BCUT2D eigenvalue weighted by Gasteiger charge is 2.35. The van der Waals surface area contributed by atoms with Crippen LogP contribution in [-0.2, 0) is 21.2 Å². The highest BCUT2D eigenvalue weighted by molar-refractivity contribution is 7.91. The van der Waals surface area contributed by atoms with E-state index in [1.54, 1.807) is 11.0 Å². The summed E-state index contributed by atoms with van der Waals surface area (Å²) in [6.45, 7) is 3.11. The minimum absolute atomic E-state index is 0.0109. The van der Waals surface area contributed by atoms with Gasteiger partial charge in [-0.15, -0.1) is 0 Å². The summed E-state index contributed by atoms with van der Waals surface area (Å²) in [5, 5.41) is 0. The molecule has 1 atom stereocenters. The smallest absolute Gasteiger partial charge is 0.227 e. The van der Waals surface area contributed by atoms with Gasteiger partial charge in [-0.2, -0.15) is 0 Å². The Kier molecular flexibility index (Phi) is 4.88. The molecule has 6 heteroatoms. The fraction of sp³-hybridized carbons (Fsp3) is 0.533. The van der Waals surface area contributed by atoms with Gasteiger partial charge in [0.2, 0.25) is 5.91 Å². The van der Waals surface area contributed by atoms with Crippen LogP contribution < -0.4 is 5.73 Å². The minimum Gasteiger partial charge on any atom is -0.399 e. The van der Waals surface area contributed by atoms with Gasteiger partial charge in [-0.25, -0.2) is 8.42 Å². The average Bonchev–Trinajstić information content (AvgIpc) is 2.78. The second-order valence-electron chi connectivity index (χ2n) is 5.60. The van der Waals surface area contributed by atoms with Crippen LogP contribution in [0.5, 0.6) is 0 Å². The Labute approximate surface area is 126 Å². The fourth-order valence-corrected chi connectivity index (χ4v) is 4.43. The maximum atomic E-state index is 12.5. The first-order chi connectivity index (χ1) is 9.91. The van der Waals surface area contributed by atoms with Crippen LogP contribution in [0, 0.1) is 5.92 Å². The number of carbonyl (C=O) groups is 1. The molecule has 1 aliphatic rings. The van der Waals surface area contributed by atoms with E-state index < -0.39 is 9.84 Å². The molecule has 0 spiro atoms. The van der Waals surface area contributed by atoms with E-state index in [1.807, 2.05) is 25.1 Å². The SMILES string of the molecule is CCCN(Cc1cccc(N)c1)C(=O)C1CCS(=O)(=O)C1. The van der Waals surface area contributed by atoms with Gasteiger partial charge in [0, 0.05) is 18.8 Å². The van der Waals surface area contributed by atoms with E-state index in [0.29, 0.717) is 25.2 Å². The van der Waals surface area contributed by atoms with E-state index in [2.05, 4.69) is 0 Å². The second kappa shape index (κ2) is 6.47. The molecule has 1 fully saturated rings. The molecule has 5 nitrogen and oxygen atoms in total. The molecule has 2 rings (SSSR count). The first-order valence-electron chi connectivity index (χ1n) is 7.25. The standard InChI is InChI=1S/C15H22N2O3S/c1-2-7-17(10-12-4-3-5-14(16)9-12)15(18)13-6-8-21(19,20)11-13/h3-5,9,13H,2,6-8,10-11,16H2,1H3. The quantitative estimate of drug-likeness (QED) is 0.835. The molecule has 1 amide bonds. The number of hydrogen-bond acceptors (Lipinski definition) is 4. The van der Waals surface area contributed by atoms with Crippen molar-refractivity contribution in [3.8, 4) is 0 Å². The molecule has 0 aliphatic carbocycles. The lowest BCUT2D eigenvalue weighted by Gasteiger charge is -2.25. The van der Waals surface area contributed by atoms with E-state index in [1.165, 1.54) is 0 Å². The molecular formula is C15H22N2O3S. The number of nitrogens with two attached hydrogens (primary N) is 1. The summed E-state index contributed by atoms with van der Waals surface area (Å²) in [6, 6.07) is 7.44. The summed E-state index contributed by atoms with van der Waals surface area (Å²) >= 11 is 0. The molecule has 1 aromatic rings. The van der Waals surface area contributed by atoms with Crippen molar-refractivity contribution in [1.29, 1.82) is 0 Å². The Morgan fingerprint density at radius 1 is 1.43 bits per heavy atom. The lowest BCUT2D eigenvalue weighted by atomic mass is 10.1. The number of benzene rings is 1. The van der Waals surface area contributed by atoms with Crippen LogP contribution in [-0.4, -0.2) is 37.3 Å². The summed E-state index contributed by atoms with van der Waals surface area (Å²) in [5.41, 5.74) is 7.40. The van der Waals surface area contributed by atoms with Crippen LogP contribution >= 0.6 is 0 Å². The maximum Gasteiger partial charge on any atom is 0.227 e. The second-order valence-corrected chi connectivity index (χ2v) is 7.83. The normalized spacial score (nSPS) is 20.3. The number of hydrogen-bond donors (Lipinski definition) is 1. The number of rotatable bonds is 5. The van der Waals surface area contributed by atoms with E-state index in [0.717, 1.165) is 12.0 Å². The average molecular weight is 310 g/mol. The van der Waals surface area contributed by atoms with Gasteiger partial charge in [-0.3, -0.25) is 4.79 Å². The largest absolute Gasteiger partial charge is 0.399 e. The molecule has 2 N–H and O–H groups in total. The van der Waals surface area contributed by atoms with Gasteiger partial charge in [-0.05, 0) is 30.5 Å². The summed E-state index contributed by atoms with van der Waals surface area (Å²) < 4.78 is 23.1. The van der Waals surface area contributed by atoms with E-state index in [4.69, 9.17) is 5.73 Å². The van der Waals surface area contributed by atoms with Crippen molar-refractivity contribution in [2.75, 3.05) is 23.8 Å². The van der Waals surface area contributed by atoms with Crippen LogP contribution in [0.3, 0.4) is 0 Å². The molecule has 1 heterocycles. The summed E-state index contributed by atoms with van der Waals surface area (Å²) in [5.74, 6) is -0.326. The molecule has 116 valence electrons. The Morgan fingerprint density at radius 3 is 2.76 bits per heavy atom. The van der Waals surface area contributed by atoms with Crippen molar-refractivity contribution >= 4 is 21.4 Å². The minimum atomic E-state index is -3.04. The third-order valence-corrected chi connectivity index (χ3v) is 5.48. The lowest BCUT2D eigenvalue weighted by molar-refractivity contribution is -0.135. The Bertz CT molecular complexity index is 613. The zero-order valence-electron chi connectivity index (χ0n) is 12.3. The predicted octanol–water partition coefficient (Wildman–Crippen LogP) is 1.44. The van der Waals surface area contributed by atoms with Crippen molar-refractivity contribution in [2.24, 2.45) is 5.92 Å². The van der Waals surface area contributed by atoms with E-state index in [9.17, 15) is 13.2 Å². The monoisotopic (exact) mass is 310 g/mol. The molecule has 1 unspecified atom stereocenters. The highest BCUT2D eigenvalue weighted by atomic mass is 32.2. The van der Waals surface area contributed by atoms with Gasteiger partial charge in [-0.1, -0.05) is 19.1 Å². The number of anilines is 1. The Balaban J connectivity index is 2.09. The van der Waals surface area contributed by atoms with Crippen LogP contribution in [0.4, 0.5) is 5.69 Å². The summed E-state index contributed by atoms with van der Waals surface area (Å²) in [4.78, 5) is 14.3. The van der Waals surface area contributed by atoms with Crippen molar-refractivity contribution in [1.82, 2.24) is 4.90 Å². The molecule has 0 radical (unpaired) electrons. The number of nitrogen functional groups attached to an aromatic ring is 1. The van der Waals surface area contributed by atoms with Crippen molar-refractivity contribution in [3.05, 3.63) is 29.8 Å². The van der Waals surface area contributed by atoms with Crippen LogP contribution in [0.1, 0.15) is 25.3 Å². The molecular weight excluding hydrogens is 288 g/mol. The van der Waals surface area contributed by atoms with Gasteiger partial charge >= 0.3 is 0 Å². The van der Waals surface area contributed by atoms with Gasteiger partial charge < -0.3 is 10.6 Å². The molecule has 1 saturated heterocycles. The van der Waals surface area contributed by atoms with Crippen LogP contribution in [0.25, 0.3) is 0 Å². The van der Waals surface area contributed by atoms with Crippen molar-refractivity contribution < 1.29 is 13.2 Å². The Hall–Kier alpha value is -1.56. The zero-order valence-corrected chi connectivity index (χ0v) is 13.1. The molecule has 0 aromatic heterocycles. The molecule has 0 bridgehead atoms. The van der Waals surface area contributed by atoms with E-state index >= 15 is 0 Å². The van der Waals surface area contributed by atoms with Gasteiger partial charge in [0.25, 0.3) is 0 Å². The maximum absolute atomic E-state index is 12.5. The topological polar surface area (TPSA) is 80.5 Å². The van der Waals surface area contributed by atoms with Crippen LogP contribution in [0.15, 0.2) is 24.3 Å². The number of sulfone groups is 1. The third kappa shape index (κ3) is 4.20. The molecule has 21 heavy (non-hydrogen) atoms. The predicted molar refractivity (Wildman–Crippen MR) is 83.3 cm³/mol. The van der Waals surface area contributed by atoms with Gasteiger partial charge in [0.05, 0.1) is 17.4 Å². The zero-order chi connectivity index (χ0) is 15.5. The highest BCUT2D eigenvalue weighted by Crippen LogP contribution is 2.22. The van der Waals surface area contributed by atoms with Gasteiger partial charge in [0.15, 0.2) is 9.84 Å². The molecule has 1 aliphatic heterocycles. The first kappa shape index (κ1) is 15.8. The first-order valence-corrected chi connectivity index (χ1v) is 9.07. The Morgan fingerprint density at radius 2 is 2.19 bits per heavy atom. The molecule has 1 aromatic carbocycles. The van der Waals surface area contributed by atoms with E-state index in [-0.39, 0.29) is 23.3 Å².